The summed E-state index contributed by atoms with van der Waals surface area (Å²) in [5.41, 5.74) is -2.64. The van der Waals surface area contributed by atoms with Gasteiger partial charge in [0.1, 0.15) is 0 Å². The zero-order valence-corrected chi connectivity index (χ0v) is 12.0. The summed E-state index contributed by atoms with van der Waals surface area (Å²) in [6.45, 7) is 0. The van der Waals surface area contributed by atoms with Gasteiger partial charge >= 0.3 is 11.9 Å². The molecule has 1 amide bonds. The van der Waals surface area contributed by atoms with E-state index in [9.17, 15) is 27.6 Å². The van der Waals surface area contributed by atoms with Crippen LogP contribution in [-0.4, -0.2) is 15.9 Å². The normalized spacial score (nSPS) is 11.3. The van der Waals surface area contributed by atoms with Crippen molar-refractivity contribution in [1.29, 1.82) is 0 Å². The van der Waals surface area contributed by atoms with Gasteiger partial charge in [-0.05, 0) is 18.2 Å². The number of hydrogen-bond donors (Lipinski definition) is 3. The van der Waals surface area contributed by atoms with Crippen LogP contribution in [0.25, 0.3) is 0 Å². The molecule has 0 bridgehead atoms. The SMILES string of the molecule is O=C(Cc1cc(=O)[nH]c(=O)[nH]1)Nc1ccc(Cl)c(C(F)(F)F)c1. The summed E-state index contributed by atoms with van der Waals surface area (Å²) in [5, 5.41) is 1.75. The Balaban J connectivity index is 2.17. The summed E-state index contributed by atoms with van der Waals surface area (Å²) in [5.74, 6) is -0.707. The molecular weight excluding hydrogens is 339 g/mol. The first-order valence-corrected chi connectivity index (χ1v) is 6.52. The summed E-state index contributed by atoms with van der Waals surface area (Å²) >= 11 is 5.47. The molecule has 2 aromatic rings. The van der Waals surface area contributed by atoms with Crippen molar-refractivity contribution in [3.63, 3.8) is 0 Å². The van der Waals surface area contributed by atoms with Crippen LogP contribution in [0.15, 0.2) is 33.9 Å². The molecule has 122 valence electrons. The number of amides is 1. The van der Waals surface area contributed by atoms with Crippen LogP contribution in [0.4, 0.5) is 18.9 Å². The number of aromatic nitrogens is 2. The second-order valence-corrected chi connectivity index (χ2v) is 4.94. The number of aromatic amines is 2. The Hall–Kier alpha value is -2.55. The van der Waals surface area contributed by atoms with Crippen LogP contribution in [0.1, 0.15) is 11.3 Å². The van der Waals surface area contributed by atoms with Gasteiger partial charge in [-0.3, -0.25) is 14.6 Å². The van der Waals surface area contributed by atoms with Crippen molar-refractivity contribution in [2.24, 2.45) is 0 Å². The third-order valence-electron chi connectivity index (χ3n) is 2.72. The minimum atomic E-state index is -4.66. The molecule has 1 aromatic heterocycles. The Morgan fingerprint density at radius 1 is 1.17 bits per heavy atom. The number of anilines is 1. The molecule has 0 aliphatic carbocycles. The van der Waals surface area contributed by atoms with E-state index in [-0.39, 0.29) is 17.8 Å². The lowest BCUT2D eigenvalue weighted by Gasteiger charge is -2.11. The number of carbonyl (C=O) groups is 1. The summed E-state index contributed by atoms with van der Waals surface area (Å²) in [6, 6.07) is 3.91. The molecule has 0 unspecified atom stereocenters. The molecule has 0 aliphatic rings. The molecule has 0 aliphatic heterocycles. The average Bonchev–Trinajstić information content (AvgIpc) is 2.38. The summed E-state index contributed by atoms with van der Waals surface area (Å²) < 4.78 is 38.2. The van der Waals surface area contributed by atoms with E-state index < -0.39 is 33.9 Å². The van der Waals surface area contributed by atoms with Gasteiger partial charge in [-0.2, -0.15) is 13.2 Å². The predicted octanol–water partition coefficient (Wildman–Crippen LogP) is 1.92. The zero-order chi connectivity index (χ0) is 17.2. The first-order valence-electron chi connectivity index (χ1n) is 6.14. The fourth-order valence-corrected chi connectivity index (χ4v) is 2.04. The minimum absolute atomic E-state index is 0.0289. The van der Waals surface area contributed by atoms with E-state index in [4.69, 9.17) is 11.6 Å². The maximum absolute atomic E-state index is 12.7. The monoisotopic (exact) mass is 347 g/mol. The Morgan fingerprint density at radius 3 is 2.48 bits per heavy atom. The van der Waals surface area contributed by atoms with Gasteiger partial charge in [0.2, 0.25) is 5.91 Å². The quantitative estimate of drug-likeness (QED) is 0.791. The Labute approximate surface area is 131 Å². The van der Waals surface area contributed by atoms with Crippen LogP contribution in [-0.2, 0) is 17.4 Å². The number of benzene rings is 1. The van der Waals surface area contributed by atoms with Crippen LogP contribution in [0.2, 0.25) is 5.02 Å². The van der Waals surface area contributed by atoms with Gasteiger partial charge in [-0.25, -0.2) is 4.79 Å². The molecule has 10 heteroatoms. The summed E-state index contributed by atoms with van der Waals surface area (Å²) in [6.07, 6.45) is -5.04. The lowest BCUT2D eigenvalue weighted by atomic mass is 10.2. The molecule has 0 saturated heterocycles. The fourth-order valence-electron chi connectivity index (χ4n) is 1.81. The van der Waals surface area contributed by atoms with Gasteiger partial charge in [-0.15, -0.1) is 0 Å². The molecule has 6 nitrogen and oxygen atoms in total. The number of halogens is 4. The predicted molar refractivity (Wildman–Crippen MR) is 76.5 cm³/mol. The molecule has 1 aromatic carbocycles. The Kier molecular flexibility index (Phi) is 4.60. The zero-order valence-electron chi connectivity index (χ0n) is 11.3. The molecule has 3 N–H and O–H groups in total. The highest BCUT2D eigenvalue weighted by Gasteiger charge is 2.33. The smallest absolute Gasteiger partial charge is 0.326 e. The number of carbonyl (C=O) groups excluding carboxylic acids is 1. The van der Waals surface area contributed by atoms with E-state index in [2.05, 4.69) is 10.3 Å². The summed E-state index contributed by atoms with van der Waals surface area (Å²) in [4.78, 5) is 38.1. The highest BCUT2D eigenvalue weighted by molar-refractivity contribution is 6.31. The molecule has 1 heterocycles. The number of rotatable bonds is 3. The molecule has 0 fully saturated rings. The Bertz CT molecular complexity index is 830. The van der Waals surface area contributed by atoms with Gasteiger partial charge in [0.15, 0.2) is 0 Å². The van der Waals surface area contributed by atoms with Gasteiger partial charge in [-0.1, -0.05) is 11.6 Å². The van der Waals surface area contributed by atoms with E-state index in [0.29, 0.717) is 6.07 Å². The van der Waals surface area contributed by atoms with Crippen molar-refractivity contribution in [1.82, 2.24) is 9.97 Å². The van der Waals surface area contributed by atoms with Crippen LogP contribution < -0.4 is 16.6 Å². The van der Waals surface area contributed by atoms with E-state index in [1.54, 1.807) is 0 Å². The molecule has 0 atom stereocenters. The van der Waals surface area contributed by atoms with Crippen LogP contribution in [0, 0.1) is 0 Å². The molecule has 23 heavy (non-hydrogen) atoms. The van der Waals surface area contributed by atoms with Crippen LogP contribution in [0.3, 0.4) is 0 Å². The van der Waals surface area contributed by atoms with Crippen LogP contribution >= 0.6 is 11.6 Å². The van der Waals surface area contributed by atoms with Gasteiger partial charge in [0.25, 0.3) is 5.56 Å². The first kappa shape index (κ1) is 16.8. The van der Waals surface area contributed by atoms with Crippen molar-refractivity contribution in [2.45, 2.75) is 12.6 Å². The van der Waals surface area contributed by atoms with E-state index in [1.807, 2.05) is 4.98 Å². The van der Waals surface area contributed by atoms with Crippen molar-refractivity contribution in [3.05, 3.63) is 61.4 Å². The number of H-pyrrole nitrogens is 2. The lowest BCUT2D eigenvalue weighted by Crippen LogP contribution is -2.25. The van der Waals surface area contributed by atoms with Crippen LogP contribution in [0.5, 0.6) is 0 Å². The molecule has 0 radical (unpaired) electrons. The maximum Gasteiger partial charge on any atom is 0.417 e. The topological polar surface area (TPSA) is 94.8 Å². The molecule has 2 rings (SSSR count). The fraction of sp³-hybridized carbons (Fsp3) is 0.154. The van der Waals surface area contributed by atoms with Gasteiger partial charge < -0.3 is 10.3 Å². The maximum atomic E-state index is 12.7. The standard InChI is InChI=1S/C13H9ClF3N3O3/c14-9-2-1-6(3-8(9)13(15,16)17)18-10(21)4-7-5-11(22)20-12(23)19-7/h1-3,5H,4H2,(H,18,21)(H2,19,20,22,23). The van der Waals surface area contributed by atoms with Gasteiger partial charge in [0, 0.05) is 17.4 Å². The van der Waals surface area contributed by atoms with Crippen molar-refractivity contribution >= 4 is 23.2 Å². The minimum Gasteiger partial charge on any atom is -0.326 e. The molecule has 0 saturated carbocycles. The number of nitrogens with one attached hydrogen (secondary N) is 3. The largest absolute Gasteiger partial charge is 0.417 e. The first-order chi connectivity index (χ1) is 10.6. The van der Waals surface area contributed by atoms with Crippen molar-refractivity contribution in [2.75, 3.05) is 5.32 Å². The van der Waals surface area contributed by atoms with Gasteiger partial charge in [0.05, 0.1) is 17.0 Å². The Morgan fingerprint density at radius 2 is 1.87 bits per heavy atom. The number of hydrogen-bond acceptors (Lipinski definition) is 3. The lowest BCUT2D eigenvalue weighted by molar-refractivity contribution is -0.137. The highest BCUT2D eigenvalue weighted by Crippen LogP contribution is 2.36. The second kappa shape index (κ2) is 6.29. The molecular formula is C13H9ClF3N3O3. The summed E-state index contributed by atoms with van der Waals surface area (Å²) in [7, 11) is 0. The third kappa shape index (κ3) is 4.46. The van der Waals surface area contributed by atoms with Crippen molar-refractivity contribution in [3.8, 4) is 0 Å². The van der Waals surface area contributed by atoms with E-state index in [0.717, 1.165) is 12.1 Å². The van der Waals surface area contributed by atoms with Crippen molar-refractivity contribution < 1.29 is 18.0 Å². The second-order valence-electron chi connectivity index (χ2n) is 4.53. The van der Waals surface area contributed by atoms with E-state index in [1.165, 1.54) is 6.07 Å². The van der Waals surface area contributed by atoms with E-state index >= 15 is 0 Å². The number of alkyl halides is 3. The highest BCUT2D eigenvalue weighted by atomic mass is 35.5. The third-order valence-corrected chi connectivity index (χ3v) is 3.05. The average molecular weight is 348 g/mol. The molecule has 0 spiro atoms.